The second-order valence-corrected chi connectivity index (χ2v) is 1.83. The van der Waals surface area contributed by atoms with Crippen molar-refractivity contribution in [2.75, 3.05) is 0 Å². The van der Waals surface area contributed by atoms with Crippen molar-refractivity contribution >= 4 is 11.6 Å². The highest BCUT2D eigenvalue weighted by atomic mass is 35.5. The van der Waals surface area contributed by atoms with Crippen LogP contribution in [0.15, 0.2) is 18.3 Å². The summed E-state index contributed by atoms with van der Waals surface area (Å²) in [6.07, 6.45) is 1.13. The topological polar surface area (TPSA) is 26.9 Å². The summed E-state index contributed by atoms with van der Waals surface area (Å²) in [6, 6.07) is 2.41. The Balaban J connectivity index is 3.25. The van der Waals surface area contributed by atoms with E-state index in [0.717, 1.165) is 12.3 Å². The fraction of sp³-hybridized carbons (Fsp3) is 0. The molecule has 0 aliphatic carbocycles. The van der Waals surface area contributed by atoms with Gasteiger partial charge in [0.2, 0.25) is 5.82 Å². The van der Waals surface area contributed by atoms with E-state index in [1.54, 1.807) is 0 Å². The van der Waals surface area contributed by atoms with Crippen LogP contribution in [0, 0.1) is 11.0 Å². The SMILES string of the molecule is [O-][n+]1cccc(F)c1Cl. The molecule has 0 atom stereocenters. The van der Waals surface area contributed by atoms with Crippen molar-refractivity contribution in [1.82, 2.24) is 0 Å². The number of hydrogen-bond donors (Lipinski definition) is 0. The predicted octanol–water partition coefficient (Wildman–Crippen LogP) is 1.11. The first kappa shape index (κ1) is 6.29. The van der Waals surface area contributed by atoms with Crippen molar-refractivity contribution < 1.29 is 9.12 Å². The molecule has 0 unspecified atom stereocenters. The molecule has 0 radical (unpaired) electrons. The van der Waals surface area contributed by atoms with Gasteiger partial charge in [0, 0.05) is 6.07 Å². The van der Waals surface area contributed by atoms with Gasteiger partial charge in [-0.3, -0.25) is 0 Å². The summed E-state index contributed by atoms with van der Waals surface area (Å²) in [5.41, 5.74) is 0. The molecule has 0 aliphatic heterocycles. The van der Waals surface area contributed by atoms with Crippen molar-refractivity contribution in [1.29, 1.82) is 0 Å². The van der Waals surface area contributed by atoms with E-state index >= 15 is 0 Å². The number of aromatic nitrogens is 1. The molecule has 0 aliphatic rings. The average molecular weight is 148 g/mol. The van der Waals surface area contributed by atoms with Crippen LogP contribution in [-0.4, -0.2) is 0 Å². The van der Waals surface area contributed by atoms with E-state index in [9.17, 15) is 9.60 Å². The third kappa shape index (κ3) is 1.10. The fourth-order valence-corrected chi connectivity index (χ4v) is 0.564. The monoisotopic (exact) mass is 147 g/mol. The smallest absolute Gasteiger partial charge is 0.322 e. The molecule has 1 aromatic rings. The van der Waals surface area contributed by atoms with Crippen LogP contribution in [0.5, 0.6) is 0 Å². The van der Waals surface area contributed by atoms with E-state index in [1.807, 2.05) is 0 Å². The van der Waals surface area contributed by atoms with E-state index in [1.165, 1.54) is 6.07 Å². The van der Waals surface area contributed by atoms with Crippen LogP contribution < -0.4 is 4.73 Å². The highest BCUT2D eigenvalue weighted by molar-refractivity contribution is 6.28. The Bertz CT molecular complexity index is 208. The van der Waals surface area contributed by atoms with Crippen LogP contribution in [0.1, 0.15) is 0 Å². The van der Waals surface area contributed by atoms with Gasteiger partial charge in [-0.1, -0.05) is 0 Å². The summed E-state index contributed by atoms with van der Waals surface area (Å²) >= 11 is 5.15. The highest BCUT2D eigenvalue weighted by Gasteiger charge is 2.05. The van der Waals surface area contributed by atoms with Crippen molar-refractivity contribution in [2.45, 2.75) is 0 Å². The number of rotatable bonds is 0. The molecule has 4 heteroatoms. The van der Waals surface area contributed by atoms with Gasteiger partial charge in [-0.2, -0.15) is 9.12 Å². The summed E-state index contributed by atoms with van der Waals surface area (Å²) in [4.78, 5) is 0. The lowest BCUT2D eigenvalue weighted by Crippen LogP contribution is -2.27. The Morgan fingerprint density at radius 1 is 1.67 bits per heavy atom. The van der Waals surface area contributed by atoms with Gasteiger partial charge < -0.3 is 5.21 Å². The number of nitrogens with zero attached hydrogens (tertiary/aromatic N) is 1. The molecule has 9 heavy (non-hydrogen) atoms. The van der Waals surface area contributed by atoms with Gasteiger partial charge in [0.25, 0.3) is 0 Å². The van der Waals surface area contributed by atoms with Crippen molar-refractivity contribution in [3.63, 3.8) is 0 Å². The third-order valence-corrected chi connectivity index (χ3v) is 1.20. The van der Waals surface area contributed by atoms with Crippen molar-refractivity contribution in [3.8, 4) is 0 Å². The van der Waals surface area contributed by atoms with E-state index < -0.39 is 11.0 Å². The molecule has 0 saturated carbocycles. The molecule has 1 heterocycles. The molecule has 0 bridgehead atoms. The van der Waals surface area contributed by atoms with E-state index in [-0.39, 0.29) is 4.73 Å². The minimum absolute atomic E-state index is 0.261. The zero-order valence-corrected chi connectivity index (χ0v) is 5.10. The largest absolute Gasteiger partial charge is 0.618 e. The maximum Gasteiger partial charge on any atom is 0.322 e. The molecule has 1 rings (SSSR count). The van der Waals surface area contributed by atoms with Gasteiger partial charge in [0.1, 0.15) is 0 Å². The molecule has 2 nitrogen and oxygen atoms in total. The Kier molecular flexibility index (Phi) is 1.53. The molecule has 0 saturated heterocycles. The normalized spacial score (nSPS) is 9.56. The Labute approximate surface area is 56.1 Å². The summed E-state index contributed by atoms with van der Waals surface area (Å²) in [5, 5.41) is 9.97. The third-order valence-electron chi connectivity index (χ3n) is 0.855. The van der Waals surface area contributed by atoms with Gasteiger partial charge in [-0.25, -0.2) is 0 Å². The van der Waals surface area contributed by atoms with E-state index in [2.05, 4.69) is 0 Å². The van der Waals surface area contributed by atoms with Crippen LogP contribution in [0.4, 0.5) is 4.39 Å². The van der Waals surface area contributed by atoms with Gasteiger partial charge in [-0.05, 0) is 17.7 Å². The number of hydrogen-bond acceptors (Lipinski definition) is 1. The second kappa shape index (κ2) is 2.19. The molecule has 48 valence electrons. The summed E-state index contributed by atoms with van der Waals surface area (Å²) < 4.78 is 12.5. The first-order valence-electron chi connectivity index (χ1n) is 2.25. The van der Waals surface area contributed by atoms with Crippen LogP contribution in [0.25, 0.3) is 0 Å². The molecule has 1 aromatic heterocycles. The summed E-state index contributed by atoms with van der Waals surface area (Å²) in [6.45, 7) is 0. The lowest BCUT2D eigenvalue weighted by atomic mass is 10.5. The van der Waals surface area contributed by atoms with Gasteiger partial charge in [-0.15, -0.1) is 0 Å². The Hall–Kier alpha value is -0.830. The standard InChI is InChI=1S/C5H3ClFNO/c6-5-4(7)2-1-3-8(5)9/h1-3H. The Morgan fingerprint density at radius 3 is 2.78 bits per heavy atom. The van der Waals surface area contributed by atoms with Crippen molar-refractivity contribution in [3.05, 3.63) is 34.5 Å². The number of halogens is 2. The molecule has 0 amide bonds. The minimum Gasteiger partial charge on any atom is -0.618 e. The first-order chi connectivity index (χ1) is 4.22. The molecule has 0 spiro atoms. The molecule has 0 N–H and O–H groups in total. The fourth-order valence-electron chi connectivity index (χ4n) is 0.445. The van der Waals surface area contributed by atoms with Crippen LogP contribution in [0.2, 0.25) is 5.15 Å². The molecular formula is C5H3ClFNO. The van der Waals surface area contributed by atoms with E-state index in [4.69, 9.17) is 11.6 Å². The van der Waals surface area contributed by atoms with Crippen LogP contribution in [-0.2, 0) is 0 Å². The minimum atomic E-state index is -0.700. The highest BCUT2D eigenvalue weighted by Crippen LogP contribution is 2.05. The molecule has 0 aromatic carbocycles. The van der Waals surface area contributed by atoms with Crippen LogP contribution in [0.3, 0.4) is 0 Å². The second-order valence-electron chi connectivity index (χ2n) is 1.47. The zero-order valence-electron chi connectivity index (χ0n) is 4.34. The average Bonchev–Trinajstić information content (AvgIpc) is 1.83. The maximum absolute atomic E-state index is 12.2. The van der Waals surface area contributed by atoms with Gasteiger partial charge in [0.15, 0.2) is 6.20 Å². The molecule has 0 fully saturated rings. The quantitative estimate of drug-likeness (QED) is 0.307. The number of pyridine rings is 1. The summed E-state index contributed by atoms with van der Waals surface area (Å²) in [7, 11) is 0. The summed E-state index contributed by atoms with van der Waals surface area (Å²) in [5.74, 6) is -0.700. The van der Waals surface area contributed by atoms with E-state index in [0.29, 0.717) is 0 Å². The lowest BCUT2D eigenvalue weighted by Gasteiger charge is -1.95. The van der Waals surface area contributed by atoms with Gasteiger partial charge in [0.05, 0.1) is 0 Å². The van der Waals surface area contributed by atoms with Crippen molar-refractivity contribution in [2.24, 2.45) is 0 Å². The lowest BCUT2D eigenvalue weighted by molar-refractivity contribution is -0.604. The molecular weight excluding hydrogens is 145 g/mol. The van der Waals surface area contributed by atoms with Crippen LogP contribution >= 0.6 is 11.6 Å². The first-order valence-corrected chi connectivity index (χ1v) is 2.63. The zero-order chi connectivity index (χ0) is 6.85. The van der Waals surface area contributed by atoms with Gasteiger partial charge >= 0.3 is 5.15 Å². The Morgan fingerprint density at radius 2 is 2.33 bits per heavy atom. The predicted molar refractivity (Wildman–Crippen MR) is 30.4 cm³/mol. The maximum atomic E-state index is 12.2.